The summed E-state index contributed by atoms with van der Waals surface area (Å²) in [4.78, 5) is 18.2. The summed E-state index contributed by atoms with van der Waals surface area (Å²) in [6.45, 7) is 1.52. The second kappa shape index (κ2) is 7.19. The molecule has 0 saturated carbocycles. The fourth-order valence-electron chi connectivity index (χ4n) is 3.71. The molecule has 3 N–H and O–H groups in total. The third-order valence-electron chi connectivity index (χ3n) is 5.01. The van der Waals surface area contributed by atoms with Gasteiger partial charge in [-0.15, -0.1) is 0 Å². The highest BCUT2D eigenvalue weighted by Crippen LogP contribution is 2.34. The monoisotopic (exact) mass is 365 g/mol. The van der Waals surface area contributed by atoms with Crippen LogP contribution in [0.2, 0.25) is 0 Å². The molecule has 0 bridgehead atoms. The van der Waals surface area contributed by atoms with Gasteiger partial charge in [-0.1, -0.05) is 12.1 Å². The first-order chi connectivity index (χ1) is 13.1. The van der Waals surface area contributed by atoms with Crippen LogP contribution in [0.15, 0.2) is 48.8 Å². The molecule has 1 unspecified atom stereocenters. The van der Waals surface area contributed by atoms with Crippen LogP contribution in [-0.4, -0.2) is 34.2 Å². The van der Waals surface area contributed by atoms with E-state index in [1.807, 2.05) is 0 Å². The number of halogens is 1. The van der Waals surface area contributed by atoms with Crippen LogP contribution in [0, 0.1) is 5.82 Å². The van der Waals surface area contributed by atoms with Gasteiger partial charge in [-0.05, 0) is 42.7 Å². The Balaban J connectivity index is 1.63. The van der Waals surface area contributed by atoms with Crippen molar-refractivity contribution in [3.8, 4) is 11.1 Å². The van der Waals surface area contributed by atoms with E-state index in [2.05, 4.69) is 20.1 Å². The molecule has 27 heavy (non-hydrogen) atoms. The van der Waals surface area contributed by atoms with Gasteiger partial charge in [0.2, 0.25) is 0 Å². The third kappa shape index (κ3) is 3.40. The van der Waals surface area contributed by atoms with Gasteiger partial charge in [-0.2, -0.15) is 5.10 Å². The Labute approximate surface area is 156 Å². The third-order valence-corrected chi connectivity index (χ3v) is 5.01. The molecule has 0 aliphatic carbocycles. The van der Waals surface area contributed by atoms with E-state index >= 15 is 0 Å². The average Bonchev–Trinajstić information content (AvgIpc) is 3.18. The van der Waals surface area contributed by atoms with Crippen molar-refractivity contribution in [2.24, 2.45) is 5.73 Å². The number of aromatic amines is 1. The number of piperidine rings is 1. The van der Waals surface area contributed by atoms with Crippen molar-refractivity contribution in [3.05, 3.63) is 65.9 Å². The molecule has 7 heteroatoms. The van der Waals surface area contributed by atoms with Crippen molar-refractivity contribution < 1.29 is 9.18 Å². The van der Waals surface area contributed by atoms with E-state index in [9.17, 15) is 9.18 Å². The first-order valence-corrected chi connectivity index (χ1v) is 8.92. The van der Waals surface area contributed by atoms with Crippen molar-refractivity contribution in [1.29, 1.82) is 0 Å². The Hall–Kier alpha value is -3.22. The predicted octanol–water partition coefficient (Wildman–Crippen LogP) is 3.09. The van der Waals surface area contributed by atoms with Crippen LogP contribution < -0.4 is 10.6 Å². The maximum Gasteiger partial charge on any atom is 0.252 e. The number of amides is 1. The Bertz CT molecular complexity index is 953. The zero-order valence-corrected chi connectivity index (χ0v) is 14.7. The number of hydrogen-bond acceptors (Lipinski definition) is 4. The second-order valence-electron chi connectivity index (χ2n) is 6.73. The largest absolute Gasteiger partial charge is 0.365 e. The van der Waals surface area contributed by atoms with Gasteiger partial charge in [0.25, 0.3) is 5.91 Å². The molecule has 3 aromatic rings. The van der Waals surface area contributed by atoms with Crippen molar-refractivity contribution in [2.75, 3.05) is 18.0 Å². The Morgan fingerprint density at radius 1 is 1.26 bits per heavy atom. The summed E-state index contributed by atoms with van der Waals surface area (Å²) in [7, 11) is 0. The Morgan fingerprint density at radius 3 is 2.85 bits per heavy atom. The van der Waals surface area contributed by atoms with Crippen LogP contribution in [0.1, 0.15) is 34.8 Å². The van der Waals surface area contributed by atoms with E-state index in [1.165, 1.54) is 12.1 Å². The standard InChI is InChI=1S/C20H20FN5O/c21-15-7-5-13(6-8-15)17-11-24-25-18(17)14-3-2-10-26(12-14)20-16(19(22)27)4-1-9-23-20/h1,4-9,11,14H,2-3,10,12H2,(H2,22,27)(H,24,25). The smallest absolute Gasteiger partial charge is 0.252 e. The molecule has 1 saturated heterocycles. The first-order valence-electron chi connectivity index (χ1n) is 8.92. The lowest BCUT2D eigenvalue weighted by atomic mass is 9.90. The number of nitrogens with one attached hydrogen (secondary N) is 1. The van der Waals surface area contributed by atoms with Gasteiger partial charge in [0, 0.05) is 36.5 Å². The van der Waals surface area contributed by atoms with E-state index < -0.39 is 5.91 Å². The number of hydrogen-bond donors (Lipinski definition) is 2. The fraction of sp³-hybridized carbons (Fsp3) is 0.250. The van der Waals surface area contributed by atoms with Crippen molar-refractivity contribution in [1.82, 2.24) is 15.2 Å². The summed E-state index contributed by atoms with van der Waals surface area (Å²) in [5.74, 6) is 0.0807. The molecular weight excluding hydrogens is 345 g/mol. The highest BCUT2D eigenvalue weighted by molar-refractivity contribution is 5.97. The van der Waals surface area contributed by atoms with E-state index in [0.29, 0.717) is 17.9 Å². The van der Waals surface area contributed by atoms with Gasteiger partial charge in [-0.25, -0.2) is 9.37 Å². The molecule has 2 aromatic heterocycles. The number of carbonyl (C=O) groups excluding carboxylic acids is 1. The van der Waals surface area contributed by atoms with Crippen LogP contribution in [0.4, 0.5) is 10.2 Å². The molecule has 0 spiro atoms. The maximum atomic E-state index is 13.3. The number of benzene rings is 1. The van der Waals surface area contributed by atoms with E-state index in [4.69, 9.17) is 5.73 Å². The van der Waals surface area contributed by atoms with Crippen molar-refractivity contribution in [2.45, 2.75) is 18.8 Å². The van der Waals surface area contributed by atoms with Crippen molar-refractivity contribution in [3.63, 3.8) is 0 Å². The summed E-state index contributed by atoms with van der Waals surface area (Å²) in [5, 5.41) is 7.33. The molecule has 1 atom stereocenters. The molecule has 138 valence electrons. The molecule has 1 aromatic carbocycles. The molecule has 1 aliphatic rings. The minimum Gasteiger partial charge on any atom is -0.365 e. The number of carbonyl (C=O) groups is 1. The van der Waals surface area contributed by atoms with Crippen LogP contribution in [-0.2, 0) is 0 Å². The normalized spacial score (nSPS) is 17.1. The lowest BCUT2D eigenvalue weighted by Crippen LogP contribution is -2.36. The summed E-state index contributed by atoms with van der Waals surface area (Å²) in [6.07, 6.45) is 5.40. The number of nitrogens with two attached hydrogens (primary N) is 1. The van der Waals surface area contributed by atoms with Crippen LogP contribution >= 0.6 is 0 Å². The molecular formula is C20H20FN5O. The predicted molar refractivity (Wildman–Crippen MR) is 101 cm³/mol. The molecule has 1 amide bonds. The zero-order chi connectivity index (χ0) is 18.8. The lowest BCUT2D eigenvalue weighted by Gasteiger charge is -2.34. The molecule has 6 nitrogen and oxygen atoms in total. The van der Waals surface area contributed by atoms with Gasteiger partial charge >= 0.3 is 0 Å². The van der Waals surface area contributed by atoms with Gasteiger partial charge in [0.05, 0.1) is 11.8 Å². The van der Waals surface area contributed by atoms with Crippen LogP contribution in [0.3, 0.4) is 0 Å². The minimum absolute atomic E-state index is 0.198. The van der Waals surface area contributed by atoms with Crippen LogP contribution in [0.25, 0.3) is 11.1 Å². The maximum absolute atomic E-state index is 13.3. The molecule has 3 heterocycles. The summed E-state index contributed by atoms with van der Waals surface area (Å²) < 4.78 is 13.3. The quantitative estimate of drug-likeness (QED) is 0.744. The Morgan fingerprint density at radius 2 is 2.07 bits per heavy atom. The number of primary amides is 1. The highest BCUT2D eigenvalue weighted by atomic mass is 19.1. The van der Waals surface area contributed by atoms with Crippen LogP contribution in [0.5, 0.6) is 0 Å². The van der Waals surface area contributed by atoms with Crippen molar-refractivity contribution >= 4 is 11.7 Å². The number of aromatic nitrogens is 3. The molecule has 4 rings (SSSR count). The van der Waals surface area contributed by atoms with E-state index in [0.717, 1.165) is 36.2 Å². The van der Waals surface area contributed by atoms with Gasteiger partial charge < -0.3 is 10.6 Å². The summed E-state index contributed by atoms with van der Waals surface area (Å²) in [5.41, 5.74) is 8.85. The van der Waals surface area contributed by atoms with Gasteiger partial charge in [0.1, 0.15) is 11.6 Å². The summed E-state index contributed by atoms with van der Waals surface area (Å²) in [6, 6.07) is 9.84. The van der Waals surface area contributed by atoms with Gasteiger partial charge in [0.15, 0.2) is 0 Å². The highest BCUT2D eigenvalue weighted by Gasteiger charge is 2.27. The molecule has 1 aliphatic heterocycles. The number of pyridine rings is 1. The summed E-state index contributed by atoms with van der Waals surface area (Å²) >= 11 is 0. The lowest BCUT2D eigenvalue weighted by molar-refractivity contribution is 0.100. The minimum atomic E-state index is -0.478. The SMILES string of the molecule is NC(=O)c1cccnc1N1CCCC(c2[nH]ncc2-c2ccc(F)cc2)C1. The van der Waals surface area contributed by atoms with E-state index in [1.54, 1.807) is 36.7 Å². The van der Waals surface area contributed by atoms with Gasteiger partial charge in [-0.3, -0.25) is 9.89 Å². The number of H-pyrrole nitrogens is 1. The average molecular weight is 365 g/mol. The molecule has 1 fully saturated rings. The second-order valence-corrected chi connectivity index (χ2v) is 6.73. The number of anilines is 1. The number of nitrogens with zero attached hydrogens (tertiary/aromatic N) is 3. The first kappa shape index (κ1) is 17.2. The van der Waals surface area contributed by atoms with E-state index in [-0.39, 0.29) is 11.7 Å². The molecule has 0 radical (unpaired) electrons. The fourth-order valence-corrected chi connectivity index (χ4v) is 3.71. The zero-order valence-electron chi connectivity index (χ0n) is 14.7. The topological polar surface area (TPSA) is 87.9 Å². The number of rotatable bonds is 4. The Kier molecular flexibility index (Phi) is 4.58.